The number of imide groups is 1. The molecule has 1 N–H and O–H groups in total. The van der Waals surface area contributed by atoms with Crippen molar-refractivity contribution in [3.63, 3.8) is 0 Å². The van der Waals surface area contributed by atoms with E-state index in [1.54, 1.807) is 24.3 Å². The molecule has 6 nitrogen and oxygen atoms in total. The standard InChI is InChI=1S/C16H19N3O3/c1-3-16(4-2)14(20)19(15(21)18-16)9-10-22-13-7-5-12(11-17)6-8-13/h5-8H,3-4,9-10H2,1-2H3,(H,18,21). The number of ether oxygens (including phenoxy) is 1. The van der Waals surface area contributed by atoms with Gasteiger partial charge in [-0.05, 0) is 37.1 Å². The van der Waals surface area contributed by atoms with Gasteiger partial charge in [-0.3, -0.25) is 9.69 Å². The molecule has 0 atom stereocenters. The first-order valence-electron chi connectivity index (χ1n) is 7.33. The monoisotopic (exact) mass is 301 g/mol. The van der Waals surface area contributed by atoms with E-state index in [1.165, 1.54) is 4.90 Å². The van der Waals surface area contributed by atoms with Crippen LogP contribution < -0.4 is 10.1 Å². The molecule has 2 rings (SSSR count). The lowest BCUT2D eigenvalue weighted by Gasteiger charge is -2.23. The van der Waals surface area contributed by atoms with E-state index < -0.39 is 5.54 Å². The lowest BCUT2D eigenvalue weighted by molar-refractivity contribution is -0.131. The zero-order valence-electron chi connectivity index (χ0n) is 12.8. The van der Waals surface area contributed by atoms with Gasteiger partial charge in [0, 0.05) is 0 Å². The third-order valence-electron chi connectivity index (χ3n) is 4.02. The van der Waals surface area contributed by atoms with Crippen LogP contribution in [0.25, 0.3) is 0 Å². The number of benzene rings is 1. The molecule has 1 saturated heterocycles. The number of hydrogen-bond acceptors (Lipinski definition) is 4. The van der Waals surface area contributed by atoms with Crippen molar-refractivity contribution < 1.29 is 14.3 Å². The van der Waals surface area contributed by atoms with Crippen LogP contribution in [0, 0.1) is 11.3 Å². The van der Waals surface area contributed by atoms with E-state index in [1.807, 2.05) is 19.9 Å². The highest BCUT2D eigenvalue weighted by Gasteiger charge is 2.48. The summed E-state index contributed by atoms with van der Waals surface area (Å²) in [5.41, 5.74) is -0.219. The molecular formula is C16H19N3O3. The predicted octanol–water partition coefficient (Wildman–Crippen LogP) is 2.05. The summed E-state index contributed by atoms with van der Waals surface area (Å²) in [5, 5.41) is 11.5. The molecule has 116 valence electrons. The van der Waals surface area contributed by atoms with E-state index in [-0.39, 0.29) is 25.1 Å². The van der Waals surface area contributed by atoms with Crippen LogP contribution in [0.4, 0.5) is 4.79 Å². The number of urea groups is 1. The normalized spacial score (nSPS) is 16.3. The second-order valence-electron chi connectivity index (χ2n) is 5.16. The minimum absolute atomic E-state index is 0.189. The van der Waals surface area contributed by atoms with E-state index in [4.69, 9.17) is 10.00 Å². The number of rotatable bonds is 6. The molecule has 6 heteroatoms. The van der Waals surface area contributed by atoms with Gasteiger partial charge in [0.2, 0.25) is 0 Å². The number of carbonyl (C=O) groups is 2. The first-order chi connectivity index (χ1) is 10.6. The summed E-state index contributed by atoms with van der Waals surface area (Å²) in [6.07, 6.45) is 1.14. The molecule has 0 bridgehead atoms. The van der Waals surface area contributed by atoms with Crippen molar-refractivity contribution in [2.45, 2.75) is 32.2 Å². The first-order valence-corrected chi connectivity index (χ1v) is 7.33. The van der Waals surface area contributed by atoms with Gasteiger partial charge in [-0.2, -0.15) is 5.26 Å². The maximum absolute atomic E-state index is 12.4. The van der Waals surface area contributed by atoms with E-state index in [0.29, 0.717) is 24.2 Å². The van der Waals surface area contributed by atoms with Gasteiger partial charge in [0.15, 0.2) is 0 Å². The van der Waals surface area contributed by atoms with Crippen LogP contribution in [-0.2, 0) is 4.79 Å². The largest absolute Gasteiger partial charge is 0.492 e. The van der Waals surface area contributed by atoms with Gasteiger partial charge in [0.25, 0.3) is 5.91 Å². The van der Waals surface area contributed by atoms with Gasteiger partial charge in [0.1, 0.15) is 17.9 Å². The molecule has 0 aromatic heterocycles. The summed E-state index contributed by atoms with van der Waals surface area (Å²) in [5.74, 6) is 0.411. The number of nitrogens with one attached hydrogen (secondary N) is 1. The zero-order valence-corrected chi connectivity index (χ0v) is 12.8. The van der Waals surface area contributed by atoms with Crippen molar-refractivity contribution in [3.8, 4) is 11.8 Å². The quantitative estimate of drug-likeness (QED) is 0.815. The average molecular weight is 301 g/mol. The van der Waals surface area contributed by atoms with Crippen molar-refractivity contribution in [2.24, 2.45) is 0 Å². The van der Waals surface area contributed by atoms with Crippen LogP contribution in [0.5, 0.6) is 5.75 Å². The Bertz CT molecular complexity index is 600. The molecule has 1 heterocycles. The fourth-order valence-electron chi connectivity index (χ4n) is 2.49. The molecule has 3 amide bonds. The van der Waals surface area contributed by atoms with Crippen LogP contribution in [-0.4, -0.2) is 35.5 Å². The molecule has 0 unspecified atom stereocenters. The highest BCUT2D eigenvalue weighted by atomic mass is 16.5. The van der Waals surface area contributed by atoms with E-state index in [9.17, 15) is 9.59 Å². The number of amides is 3. The Balaban J connectivity index is 1.93. The highest BCUT2D eigenvalue weighted by Crippen LogP contribution is 2.24. The second-order valence-corrected chi connectivity index (χ2v) is 5.16. The number of hydrogen-bond donors (Lipinski definition) is 1. The van der Waals surface area contributed by atoms with Crippen LogP contribution in [0.15, 0.2) is 24.3 Å². The van der Waals surface area contributed by atoms with Gasteiger partial charge in [0.05, 0.1) is 18.2 Å². The lowest BCUT2D eigenvalue weighted by atomic mass is 9.93. The summed E-state index contributed by atoms with van der Waals surface area (Å²) in [7, 11) is 0. The minimum Gasteiger partial charge on any atom is -0.492 e. The third kappa shape index (κ3) is 2.89. The summed E-state index contributed by atoms with van der Waals surface area (Å²) in [6, 6.07) is 8.35. The molecule has 1 fully saturated rings. The Hall–Kier alpha value is -2.55. The average Bonchev–Trinajstić information content (AvgIpc) is 2.80. The fourth-order valence-corrected chi connectivity index (χ4v) is 2.49. The van der Waals surface area contributed by atoms with Crippen molar-refractivity contribution in [1.82, 2.24) is 10.2 Å². The maximum atomic E-state index is 12.4. The molecule has 1 aromatic carbocycles. The van der Waals surface area contributed by atoms with E-state index in [2.05, 4.69) is 5.32 Å². The molecule has 0 spiro atoms. The number of nitrogens with zero attached hydrogens (tertiary/aromatic N) is 2. The Labute approximate surface area is 129 Å². The van der Waals surface area contributed by atoms with Crippen molar-refractivity contribution in [3.05, 3.63) is 29.8 Å². The molecule has 1 aliphatic heterocycles. The maximum Gasteiger partial charge on any atom is 0.325 e. The van der Waals surface area contributed by atoms with Crippen molar-refractivity contribution >= 4 is 11.9 Å². The summed E-state index contributed by atoms with van der Waals surface area (Å²) in [6.45, 7) is 4.19. The predicted molar refractivity (Wildman–Crippen MR) is 80.2 cm³/mol. The highest BCUT2D eigenvalue weighted by molar-refractivity contribution is 6.06. The van der Waals surface area contributed by atoms with Crippen LogP contribution >= 0.6 is 0 Å². The molecule has 1 aliphatic rings. The van der Waals surface area contributed by atoms with E-state index >= 15 is 0 Å². The summed E-state index contributed by atoms with van der Waals surface area (Å²) < 4.78 is 5.52. The van der Waals surface area contributed by atoms with Gasteiger partial charge in [-0.25, -0.2) is 4.79 Å². The topological polar surface area (TPSA) is 82.4 Å². The Morgan fingerprint density at radius 1 is 1.23 bits per heavy atom. The number of carbonyl (C=O) groups excluding carboxylic acids is 2. The fraction of sp³-hybridized carbons (Fsp3) is 0.438. The molecule has 22 heavy (non-hydrogen) atoms. The Kier molecular flexibility index (Phi) is 4.66. The lowest BCUT2D eigenvalue weighted by Crippen LogP contribution is -2.46. The Morgan fingerprint density at radius 3 is 2.36 bits per heavy atom. The van der Waals surface area contributed by atoms with E-state index in [0.717, 1.165) is 0 Å². The van der Waals surface area contributed by atoms with Crippen molar-refractivity contribution in [1.29, 1.82) is 5.26 Å². The molecule has 1 aromatic rings. The third-order valence-corrected chi connectivity index (χ3v) is 4.02. The SMILES string of the molecule is CCC1(CC)NC(=O)N(CCOc2ccc(C#N)cc2)C1=O. The van der Waals surface area contributed by atoms with Gasteiger partial charge < -0.3 is 10.1 Å². The minimum atomic E-state index is -0.772. The molecule has 0 aliphatic carbocycles. The van der Waals surface area contributed by atoms with Gasteiger partial charge >= 0.3 is 6.03 Å². The van der Waals surface area contributed by atoms with Gasteiger partial charge in [-0.15, -0.1) is 0 Å². The van der Waals surface area contributed by atoms with Crippen LogP contribution in [0.1, 0.15) is 32.3 Å². The van der Waals surface area contributed by atoms with Crippen LogP contribution in [0.3, 0.4) is 0 Å². The van der Waals surface area contributed by atoms with Crippen LogP contribution in [0.2, 0.25) is 0 Å². The number of nitriles is 1. The molecular weight excluding hydrogens is 282 g/mol. The summed E-state index contributed by atoms with van der Waals surface area (Å²) >= 11 is 0. The Morgan fingerprint density at radius 2 is 1.86 bits per heavy atom. The molecule has 0 radical (unpaired) electrons. The zero-order chi connectivity index (χ0) is 16.2. The van der Waals surface area contributed by atoms with Gasteiger partial charge in [-0.1, -0.05) is 13.8 Å². The summed E-state index contributed by atoms with van der Waals surface area (Å²) in [4.78, 5) is 25.5. The van der Waals surface area contributed by atoms with Crippen molar-refractivity contribution in [2.75, 3.05) is 13.2 Å². The molecule has 0 saturated carbocycles. The smallest absolute Gasteiger partial charge is 0.325 e. The second kappa shape index (κ2) is 6.48. The first kappa shape index (κ1) is 15.8.